The van der Waals surface area contributed by atoms with Gasteiger partial charge in [-0.25, -0.2) is 0 Å². The third-order valence-corrected chi connectivity index (χ3v) is 1.87. The molecule has 0 aliphatic carbocycles. The van der Waals surface area contributed by atoms with Crippen molar-refractivity contribution >= 4 is 0 Å². The summed E-state index contributed by atoms with van der Waals surface area (Å²) >= 11 is 0. The molecule has 1 aliphatic rings. The molecule has 5 heteroatoms. The van der Waals surface area contributed by atoms with Gasteiger partial charge in [-0.2, -0.15) is 0 Å². The Morgan fingerprint density at radius 2 is 2.36 bits per heavy atom. The van der Waals surface area contributed by atoms with Crippen LogP contribution >= 0.6 is 0 Å². The molecular weight excluding hydrogens is 146 g/mol. The van der Waals surface area contributed by atoms with Gasteiger partial charge in [-0.15, -0.1) is 0 Å². The van der Waals surface area contributed by atoms with E-state index in [1.165, 1.54) is 0 Å². The van der Waals surface area contributed by atoms with E-state index in [0.717, 1.165) is 0 Å². The van der Waals surface area contributed by atoms with E-state index in [2.05, 4.69) is 10.0 Å². The maximum atomic E-state index is 9.17. The van der Waals surface area contributed by atoms with Gasteiger partial charge in [-0.3, -0.25) is 0 Å². The van der Waals surface area contributed by atoms with Crippen molar-refractivity contribution in [2.75, 3.05) is 6.61 Å². The quantitative estimate of drug-likeness (QED) is 0.350. The van der Waals surface area contributed by atoms with Gasteiger partial charge in [0.1, 0.15) is 0 Å². The van der Waals surface area contributed by atoms with Gasteiger partial charge in [-0.1, -0.05) is 19.0 Å². The van der Waals surface area contributed by atoms with Gasteiger partial charge in [0, 0.05) is 10.3 Å². The Morgan fingerprint density at radius 1 is 1.73 bits per heavy atom. The van der Waals surface area contributed by atoms with Crippen molar-refractivity contribution in [2.45, 2.75) is 26.2 Å². The molecule has 0 aromatic carbocycles. The normalized spacial score (nSPS) is 34.8. The predicted octanol–water partition coefficient (Wildman–Crippen LogP) is 1.04. The van der Waals surface area contributed by atoms with Gasteiger partial charge in [0.2, 0.25) is 0 Å². The molecule has 1 saturated heterocycles. The van der Waals surface area contributed by atoms with E-state index in [9.17, 15) is 0 Å². The zero-order valence-electron chi connectivity index (χ0n) is 6.56. The smallest absolute Gasteiger partial charge is 0.163 e. The molecule has 1 fully saturated rings. The molecule has 1 rings (SSSR count). The molecule has 0 saturated carbocycles. The standard InChI is InChI=1S/C6H11N3O2/c1-6(2)3-11-5(10)4(6)8-9-7/h4-5,10H,3H2,1-2H3/t4-,5?/m1/s1. The summed E-state index contributed by atoms with van der Waals surface area (Å²) in [5.41, 5.74) is 7.91. The fourth-order valence-corrected chi connectivity index (χ4v) is 1.13. The molecule has 1 aliphatic heterocycles. The van der Waals surface area contributed by atoms with Crippen molar-refractivity contribution in [2.24, 2.45) is 10.5 Å². The fraction of sp³-hybridized carbons (Fsp3) is 1.00. The van der Waals surface area contributed by atoms with E-state index in [4.69, 9.17) is 15.4 Å². The van der Waals surface area contributed by atoms with Gasteiger partial charge in [0.25, 0.3) is 0 Å². The third-order valence-electron chi connectivity index (χ3n) is 1.87. The number of azide groups is 1. The van der Waals surface area contributed by atoms with E-state index >= 15 is 0 Å². The number of rotatable bonds is 1. The van der Waals surface area contributed by atoms with E-state index in [0.29, 0.717) is 6.61 Å². The Hall–Kier alpha value is -0.770. The minimum Gasteiger partial charge on any atom is -0.368 e. The lowest BCUT2D eigenvalue weighted by atomic mass is 9.88. The molecule has 5 nitrogen and oxygen atoms in total. The average Bonchev–Trinajstić information content (AvgIpc) is 2.16. The first-order chi connectivity index (χ1) is 5.08. The Labute approximate surface area is 64.6 Å². The summed E-state index contributed by atoms with van der Waals surface area (Å²) in [4.78, 5) is 2.65. The highest BCUT2D eigenvalue weighted by molar-refractivity contribution is 4.91. The summed E-state index contributed by atoms with van der Waals surface area (Å²) in [5.74, 6) is 0. The fourth-order valence-electron chi connectivity index (χ4n) is 1.13. The van der Waals surface area contributed by atoms with Crippen molar-refractivity contribution in [1.82, 2.24) is 0 Å². The minimum absolute atomic E-state index is 0.258. The van der Waals surface area contributed by atoms with Crippen LogP contribution in [0.3, 0.4) is 0 Å². The molecule has 0 aromatic rings. The van der Waals surface area contributed by atoms with E-state index in [1.54, 1.807) is 0 Å². The minimum atomic E-state index is -0.944. The maximum Gasteiger partial charge on any atom is 0.163 e. The maximum absolute atomic E-state index is 9.17. The Kier molecular flexibility index (Phi) is 2.04. The summed E-state index contributed by atoms with van der Waals surface area (Å²) in [5, 5.41) is 12.6. The summed E-state index contributed by atoms with van der Waals surface area (Å²) in [6.45, 7) is 4.21. The van der Waals surface area contributed by atoms with Crippen LogP contribution in [0.2, 0.25) is 0 Å². The molecule has 1 unspecified atom stereocenters. The monoisotopic (exact) mass is 157 g/mol. The largest absolute Gasteiger partial charge is 0.368 e. The lowest BCUT2D eigenvalue weighted by Gasteiger charge is -2.20. The molecule has 0 radical (unpaired) electrons. The van der Waals surface area contributed by atoms with Gasteiger partial charge in [-0.05, 0) is 5.53 Å². The molecule has 0 aromatic heterocycles. The zero-order valence-corrected chi connectivity index (χ0v) is 6.56. The molecule has 1 heterocycles. The van der Waals surface area contributed by atoms with Crippen molar-refractivity contribution in [1.29, 1.82) is 0 Å². The van der Waals surface area contributed by atoms with E-state index in [-0.39, 0.29) is 5.41 Å². The number of aliphatic hydroxyl groups is 1. The highest BCUT2D eigenvalue weighted by atomic mass is 16.6. The molecule has 0 spiro atoms. The van der Waals surface area contributed by atoms with Crippen molar-refractivity contribution in [3.63, 3.8) is 0 Å². The van der Waals surface area contributed by atoms with Crippen LogP contribution in [0.25, 0.3) is 10.4 Å². The van der Waals surface area contributed by atoms with Crippen LogP contribution in [0.5, 0.6) is 0 Å². The van der Waals surface area contributed by atoms with Crippen molar-refractivity contribution in [3.05, 3.63) is 10.4 Å². The van der Waals surface area contributed by atoms with Crippen molar-refractivity contribution < 1.29 is 9.84 Å². The first-order valence-corrected chi connectivity index (χ1v) is 3.42. The van der Waals surface area contributed by atoms with Crippen LogP contribution in [0.4, 0.5) is 0 Å². The Balaban J connectivity index is 2.80. The van der Waals surface area contributed by atoms with Crippen LogP contribution in [0.1, 0.15) is 13.8 Å². The molecule has 11 heavy (non-hydrogen) atoms. The molecule has 62 valence electrons. The second-order valence-corrected chi connectivity index (χ2v) is 3.34. The molecule has 0 bridgehead atoms. The summed E-state index contributed by atoms with van der Waals surface area (Å²) < 4.78 is 4.92. The average molecular weight is 157 g/mol. The van der Waals surface area contributed by atoms with E-state index in [1.807, 2.05) is 13.8 Å². The lowest BCUT2D eigenvalue weighted by Crippen LogP contribution is -2.30. The zero-order chi connectivity index (χ0) is 8.48. The first-order valence-electron chi connectivity index (χ1n) is 3.42. The topological polar surface area (TPSA) is 78.2 Å². The molecular formula is C6H11N3O2. The SMILES string of the molecule is CC1(C)COC(O)[C@H]1N=[N+]=[N-]. The number of nitrogens with zero attached hydrogens (tertiary/aromatic N) is 3. The molecule has 2 atom stereocenters. The molecule has 1 N–H and O–H groups in total. The number of hydrogen-bond donors (Lipinski definition) is 1. The van der Waals surface area contributed by atoms with Crippen LogP contribution in [-0.4, -0.2) is 24.0 Å². The Bertz CT molecular complexity index is 198. The predicted molar refractivity (Wildman–Crippen MR) is 38.7 cm³/mol. The summed E-state index contributed by atoms with van der Waals surface area (Å²) in [6.07, 6.45) is -0.944. The first kappa shape index (κ1) is 8.33. The van der Waals surface area contributed by atoms with Gasteiger partial charge >= 0.3 is 0 Å². The van der Waals surface area contributed by atoms with Gasteiger partial charge in [0.15, 0.2) is 6.29 Å². The number of ether oxygens (including phenoxy) is 1. The summed E-state index contributed by atoms with van der Waals surface area (Å²) in [7, 11) is 0. The van der Waals surface area contributed by atoms with Crippen LogP contribution in [-0.2, 0) is 4.74 Å². The summed E-state index contributed by atoms with van der Waals surface area (Å²) in [6, 6.07) is -0.465. The Morgan fingerprint density at radius 3 is 2.73 bits per heavy atom. The van der Waals surface area contributed by atoms with Crippen LogP contribution < -0.4 is 0 Å². The van der Waals surface area contributed by atoms with E-state index < -0.39 is 12.3 Å². The van der Waals surface area contributed by atoms with Crippen LogP contribution in [0.15, 0.2) is 5.11 Å². The van der Waals surface area contributed by atoms with Gasteiger partial charge in [0.05, 0.1) is 12.6 Å². The van der Waals surface area contributed by atoms with Gasteiger partial charge < -0.3 is 9.84 Å². The third kappa shape index (κ3) is 1.45. The highest BCUT2D eigenvalue weighted by Crippen LogP contribution is 2.33. The second kappa shape index (κ2) is 2.70. The number of aliphatic hydroxyl groups excluding tert-OH is 1. The second-order valence-electron chi connectivity index (χ2n) is 3.34. The van der Waals surface area contributed by atoms with Crippen molar-refractivity contribution in [3.8, 4) is 0 Å². The molecule has 0 amide bonds. The number of hydrogen-bond acceptors (Lipinski definition) is 3. The van der Waals surface area contributed by atoms with Crippen LogP contribution in [0, 0.1) is 5.41 Å². The lowest BCUT2D eigenvalue weighted by molar-refractivity contribution is -0.0663. The highest BCUT2D eigenvalue weighted by Gasteiger charge is 2.41.